The van der Waals surface area contributed by atoms with Gasteiger partial charge in [0.15, 0.2) is 0 Å². The van der Waals surface area contributed by atoms with Gasteiger partial charge in [-0.15, -0.1) is 0 Å². The topological polar surface area (TPSA) is 124 Å². The molecule has 0 fully saturated rings. The molecule has 0 bridgehead atoms. The van der Waals surface area contributed by atoms with Crippen molar-refractivity contribution in [3.8, 4) is 29.0 Å². The quantitative estimate of drug-likeness (QED) is 0.668. The van der Waals surface area contributed by atoms with Crippen LogP contribution in [-0.4, -0.2) is 16.4 Å². The Balaban J connectivity index is 2.20. The molecule has 0 amide bonds. The van der Waals surface area contributed by atoms with Crippen LogP contribution in [0.4, 0.5) is 5.82 Å². The van der Waals surface area contributed by atoms with Gasteiger partial charge < -0.3 is 10.8 Å². The van der Waals surface area contributed by atoms with Gasteiger partial charge in [-0.25, -0.2) is 4.98 Å². The van der Waals surface area contributed by atoms with Crippen molar-refractivity contribution in [3.63, 3.8) is 0 Å². The molecule has 0 atom stereocenters. The number of nitrogens with zero attached hydrogens (tertiary/aromatic N) is 3. The summed E-state index contributed by atoms with van der Waals surface area (Å²) < 4.78 is 0. The Bertz CT molecular complexity index is 1100. The van der Waals surface area contributed by atoms with Gasteiger partial charge in [0.2, 0.25) is 0 Å². The Morgan fingerprint density at radius 3 is 2.19 bits per heavy atom. The predicted octanol–water partition coefficient (Wildman–Crippen LogP) is 3.74. The highest BCUT2D eigenvalue weighted by molar-refractivity contribution is 7.99. The second-order valence-corrected chi connectivity index (χ2v) is 6.55. The molecule has 0 spiro atoms. The number of carbonyl (C=O) groups is 1. The number of anilines is 1. The van der Waals surface area contributed by atoms with Crippen molar-refractivity contribution in [1.82, 2.24) is 4.98 Å². The molecule has 3 aromatic rings. The van der Waals surface area contributed by atoms with Crippen LogP contribution < -0.4 is 5.73 Å². The van der Waals surface area contributed by atoms with Crippen molar-refractivity contribution in [1.29, 1.82) is 10.5 Å². The van der Waals surface area contributed by atoms with E-state index in [1.807, 2.05) is 6.07 Å². The van der Waals surface area contributed by atoms with Crippen molar-refractivity contribution in [3.05, 3.63) is 65.2 Å². The number of benzene rings is 2. The first kappa shape index (κ1) is 18.0. The number of hydrogen-bond acceptors (Lipinski definition) is 7. The number of rotatable bonds is 4. The Morgan fingerprint density at radius 1 is 1.00 bits per heavy atom. The van der Waals surface area contributed by atoms with E-state index in [0.29, 0.717) is 28.0 Å². The first-order valence-electron chi connectivity index (χ1n) is 7.73. The zero-order valence-corrected chi connectivity index (χ0v) is 14.7. The van der Waals surface area contributed by atoms with Gasteiger partial charge in [-0.3, -0.25) is 4.79 Å². The summed E-state index contributed by atoms with van der Waals surface area (Å²) in [5.41, 5.74) is 7.76. The molecule has 1 heterocycles. The van der Waals surface area contributed by atoms with Gasteiger partial charge in [0, 0.05) is 16.0 Å². The van der Waals surface area contributed by atoms with Crippen LogP contribution in [0.5, 0.6) is 5.75 Å². The van der Waals surface area contributed by atoms with Crippen LogP contribution in [0.3, 0.4) is 0 Å². The molecule has 0 aliphatic carbocycles. The third kappa shape index (κ3) is 3.59. The van der Waals surface area contributed by atoms with Crippen molar-refractivity contribution in [2.45, 2.75) is 9.92 Å². The number of nitrogens with two attached hydrogens (primary N) is 1. The molecule has 6 nitrogen and oxygen atoms in total. The maximum atomic E-state index is 10.9. The Labute approximate surface area is 159 Å². The average Bonchev–Trinajstić information content (AvgIpc) is 2.69. The Morgan fingerprint density at radius 2 is 1.63 bits per heavy atom. The van der Waals surface area contributed by atoms with Crippen LogP contribution in [0, 0.1) is 22.7 Å². The minimum absolute atomic E-state index is 0.0206. The zero-order valence-electron chi connectivity index (χ0n) is 13.9. The van der Waals surface area contributed by atoms with E-state index in [1.165, 1.54) is 23.9 Å². The van der Waals surface area contributed by atoms with E-state index in [-0.39, 0.29) is 22.7 Å². The third-order valence-electron chi connectivity index (χ3n) is 3.80. The van der Waals surface area contributed by atoms with Gasteiger partial charge >= 0.3 is 0 Å². The summed E-state index contributed by atoms with van der Waals surface area (Å²) in [6.45, 7) is 0. The molecule has 130 valence electrons. The molecule has 3 rings (SSSR count). The number of pyridine rings is 1. The molecule has 0 saturated heterocycles. The highest BCUT2D eigenvalue weighted by Crippen LogP contribution is 2.38. The standard InChI is InChI=1S/C20H12N4O2S/c21-9-16-18(13-3-1-12(11-25)2-4-13)17(10-22)20(24-19(16)23)27-15-7-5-14(26)6-8-15/h1-8,11,26H,(H2,23,24). The smallest absolute Gasteiger partial charge is 0.150 e. The SMILES string of the molecule is N#Cc1c(N)nc(Sc2ccc(O)cc2)c(C#N)c1-c1ccc(C=O)cc1. The second-order valence-electron chi connectivity index (χ2n) is 5.49. The Hall–Kier alpha value is -3.81. The van der Waals surface area contributed by atoms with E-state index in [1.54, 1.807) is 36.4 Å². The summed E-state index contributed by atoms with van der Waals surface area (Å²) >= 11 is 1.21. The molecular weight excluding hydrogens is 360 g/mol. The summed E-state index contributed by atoms with van der Waals surface area (Å²) in [7, 11) is 0. The van der Waals surface area contributed by atoms with Crippen LogP contribution in [0.2, 0.25) is 0 Å². The number of aldehydes is 1. The van der Waals surface area contributed by atoms with Crippen LogP contribution in [0.25, 0.3) is 11.1 Å². The maximum Gasteiger partial charge on any atom is 0.150 e. The fraction of sp³-hybridized carbons (Fsp3) is 0. The van der Waals surface area contributed by atoms with Gasteiger partial charge in [0.05, 0.1) is 5.56 Å². The maximum absolute atomic E-state index is 10.9. The second kappa shape index (κ2) is 7.61. The van der Waals surface area contributed by atoms with E-state index >= 15 is 0 Å². The minimum atomic E-state index is 0.0206. The lowest BCUT2D eigenvalue weighted by Gasteiger charge is -2.13. The van der Waals surface area contributed by atoms with Crippen LogP contribution in [-0.2, 0) is 0 Å². The first-order chi connectivity index (χ1) is 13.1. The molecule has 3 N–H and O–H groups in total. The fourth-order valence-electron chi connectivity index (χ4n) is 2.51. The van der Waals surface area contributed by atoms with Crippen molar-refractivity contribution in [2.75, 3.05) is 5.73 Å². The molecule has 0 radical (unpaired) electrons. The van der Waals surface area contributed by atoms with Crippen molar-refractivity contribution >= 4 is 23.9 Å². The number of hydrogen-bond donors (Lipinski definition) is 2. The van der Waals surface area contributed by atoms with Crippen LogP contribution >= 0.6 is 11.8 Å². The van der Waals surface area contributed by atoms with E-state index in [9.17, 15) is 20.4 Å². The molecule has 27 heavy (non-hydrogen) atoms. The summed E-state index contributed by atoms with van der Waals surface area (Å²) in [6.07, 6.45) is 0.715. The summed E-state index contributed by atoms with van der Waals surface area (Å²) in [4.78, 5) is 15.9. The molecular formula is C20H12N4O2S. The normalized spacial score (nSPS) is 10.0. The van der Waals surface area contributed by atoms with Gasteiger partial charge in [-0.1, -0.05) is 36.0 Å². The first-order valence-corrected chi connectivity index (χ1v) is 8.55. The molecule has 2 aromatic carbocycles. The van der Waals surface area contributed by atoms with Crippen molar-refractivity contribution in [2.24, 2.45) is 0 Å². The average molecular weight is 372 g/mol. The molecule has 0 unspecified atom stereocenters. The van der Waals surface area contributed by atoms with E-state index in [4.69, 9.17) is 5.73 Å². The van der Waals surface area contributed by atoms with Gasteiger partial charge in [0.25, 0.3) is 0 Å². The lowest BCUT2D eigenvalue weighted by molar-refractivity contribution is 0.112. The molecule has 1 aromatic heterocycles. The van der Waals surface area contributed by atoms with E-state index < -0.39 is 0 Å². The number of aromatic nitrogens is 1. The molecule has 0 aliphatic heterocycles. The largest absolute Gasteiger partial charge is 0.508 e. The van der Waals surface area contributed by atoms with Crippen LogP contribution in [0.1, 0.15) is 21.5 Å². The zero-order chi connectivity index (χ0) is 19.4. The van der Waals surface area contributed by atoms with E-state index in [0.717, 1.165) is 4.90 Å². The number of carbonyl (C=O) groups excluding carboxylic acids is 1. The summed E-state index contributed by atoms with van der Waals surface area (Å²) in [5, 5.41) is 29.0. The highest BCUT2D eigenvalue weighted by atomic mass is 32.2. The van der Waals surface area contributed by atoms with Gasteiger partial charge in [-0.05, 0) is 29.8 Å². The van der Waals surface area contributed by atoms with Gasteiger partial charge in [-0.2, -0.15) is 10.5 Å². The summed E-state index contributed by atoms with van der Waals surface area (Å²) in [6, 6.07) is 17.1. The minimum Gasteiger partial charge on any atom is -0.508 e. The lowest BCUT2D eigenvalue weighted by Crippen LogP contribution is -2.03. The molecule has 7 heteroatoms. The number of nitriles is 2. The lowest BCUT2D eigenvalue weighted by atomic mass is 9.96. The number of aromatic hydroxyl groups is 1. The van der Waals surface area contributed by atoms with Gasteiger partial charge in [0.1, 0.15) is 40.6 Å². The number of phenols is 1. The monoisotopic (exact) mass is 372 g/mol. The van der Waals surface area contributed by atoms with Crippen LogP contribution in [0.15, 0.2) is 58.5 Å². The number of nitrogen functional groups attached to an aromatic ring is 1. The number of phenolic OH excluding ortho intramolecular Hbond substituents is 1. The molecule has 0 saturated carbocycles. The Kier molecular flexibility index (Phi) is 5.07. The van der Waals surface area contributed by atoms with Crippen molar-refractivity contribution < 1.29 is 9.90 Å². The fourth-order valence-corrected chi connectivity index (χ4v) is 3.40. The predicted molar refractivity (Wildman–Crippen MR) is 101 cm³/mol. The third-order valence-corrected chi connectivity index (χ3v) is 4.80. The highest BCUT2D eigenvalue weighted by Gasteiger charge is 2.20. The summed E-state index contributed by atoms with van der Waals surface area (Å²) in [5.74, 6) is 0.148. The van der Waals surface area contributed by atoms with E-state index in [2.05, 4.69) is 11.1 Å². The molecule has 0 aliphatic rings.